The number of hydrogen-bond donors (Lipinski definition) is 3. The van der Waals surface area contributed by atoms with E-state index in [2.05, 4.69) is 5.32 Å². The Balaban J connectivity index is 1.89. The minimum atomic E-state index is -1.18. The summed E-state index contributed by atoms with van der Waals surface area (Å²) in [6.45, 7) is 5.52. The number of aliphatic hydroxyl groups excluding tert-OH is 2. The Hall–Kier alpha value is -2.57. The van der Waals surface area contributed by atoms with Gasteiger partial charge in [-0.05, 0) is 44.0 Å². The maximum Gasteiger partial charge on any atom is 0.407 e. The summed E-state index contributed by atoms with van der Waals surface area (Å²) in [7, 11) is 0. The number of hydrogen-bond acceptors (Lipinski definition) is 5. The molecule has 27 heavy (non-hydrogen) atoms. The molecule has 0 aliphatic heterocycles. The zero-order valence-corrected chi connectivity index (χ0v) is 15.9. The molecule has 1 amide bonds. The van der Waals surface area contributed by atoms with Gasteiger partial charge in [-0.1, -0.05) is 42.5 Å². The minimum Gasteiger partial charge on any atom is -0.489 e. The van der Waals surface area contributed by atoms with Gasteiger partial charge in [-0.25, -0.2) is 4.79 Å². The van der Waals surface area contributed by atoms with Crippen molar-refractivity contribution in [3.05, 3.63) is 65.7 Å². The number of carbonyl (C=O) groups excluding carboxylic acids is 1. The molecule has 0 heterocycles. The van der Waals surface area contributed by atoms with Crippen molar-refractivity contribution in [2.75, 3.05) is 6.54 Å². The Morgan fingerprint density at radius 3 is 2.44 bits per heavy atom. The van der Waals surface area contributed by atoms with Gasteiger partial charge in [0.1, 0.15) is 30.2 Å². The molecule has 0 spiro atoms. The molecule has 0 fully saturated rings. The van der Waals surface area contributed by atoms with E-state index in [-0.39, 0.29) is 6.54 Å². The molecule has 0 aromatic heterocycles. The normalized spacial score (nSPS) is 13.5. The van der Waals surface area contributed by atoms with Crippen molar-refractivity contribution in [2.24, 2.45) is 0 Å². The van der Waals surface area contributed by atoms with Crippen LogP contribution in [0.4, 0.5) is 4.79 Å². The second kappa shape index (κ2) is 9.39. The molecule has 0 radical (unpaired) electrons. The van der Waals surface area contributed by atoms with Crippen LogP contribution in [0.25, 0.3) is 0 Å². The molecule has 0 bridgehead atoms. The van der Waals surface area contributed by atoms with Crippen molar-refractivity contribution < 1.29 is 24.5 Å². The predicted octanol–water partition coefficient (Wildman–Crippen LogP) is 3.18. The van der Waals surface area contributed by atoms with Crippen LogP contribution in [0.15, 0.2) is 54.6 Å². The molecule has 2 rings (SSSR count). The lowest BCUT2D eigenvalue weighted by Crippen LogP contribution is -2.38. The number of alkyl carbamates (subject to hydrolysis) is 1. The number of amides is 1. The van der Waals surface area contributed by atoms with E-state index in [1.165, 1.54) is 0 Å². The van der Waals surface area contributed by atoms with Gasteiger partial charge >= 0.3 is 6.09 Å². The molecule has 2 unspecified atom stereocenters. The quantitative estimate of drug-likeness (QED) is 0.694. The number of nitrogens with one attached hydrogen (secondary N) is 1. The molecule has 146 valence electrons. The zero-order chi connectivity index (χ0) is 19.9. The molecule has 0 saturated heterocycles. The summed E-state index contributed by atoms with van der Waals surface area (Å²) in [5.74, 6) is 0.586. The second-order valence-electron chi connectivity index (χ2n) is 7.24. The number of carbonyl (C=O) groups is 1. The maximum absolute atomic E-state index is 11.7. The van der Waals surface area contributed by atoms with Gasteiger partial charge in [0, 0.05) is 6.54 Å². The molecule has 0 saturated carbocycles. The highest BCUT2D eigenvalue weighted by Gasteiger charge is 2.21. The van der Waals surface area contributed by atoms with Crippen LogP contribution in [-0.4, -0.2) is 34.6 Å². The first-order valence-corrected chi connectivity index (χ1v) is 8.84. The molecule has 2 aromatic carbocycles. The van der Waals surface area contributed by atoms with E-state index in [0.717, 1.165) is 5.56 Å². The van der Waals surface area contributed by atoms with Crippen molar-refractivity contribution in [2.45, 2.75) is 45.2 Å². The summed E-state index contributed by atoms with van der Waals surface area (Å²) in [6, 6.07) is 16.6. The van der Waals surface area contributed by atoms with Gasteiger partial charge in [-0.2, -0.15) is 0 Å². The van der Waals surface area contributed by atoms with Crippen molar-refractivity contribution in [1.82, 2.24) is 5.32 Å². The van der Waals surface area contributed by atoms with Crippen molar-refractivity contribution in [3.63, 3.8) is 0 Å². The van der Waals surface area contributed by atoms with Crippen LogP contribution in [0.5, 0.6) is 5.75 Å². The third-order valence-corrected chi connectivity index (χ3v) is 3.67. The lowest BCUT2D eigenvalue weighted by atomic mass is 10.0. The van der Waals surface area contributed by atoms with Crippen LogP contribution in [0, 0.1) is 0 Å². The highest BCUT2D eigenvalue weighted by atomic mass is 16.6. The largest absolute Gasteiger partial charge is 0.489 e. The van der Waals surface area contributed by atoms with Crippen LogP contribution in [-0.2, 0) is 11.3 Å². The number of rotatable bonds is 7. The van der Waals surface area contributed by atoms with Crippen LogP contribution < -0.4 is 10.1 Å². The molecular formula is C21H27NO5. The first-order valence-electron chi connectivity index (χ1n) is 8.84. The smallest absolute Gasteiger partial charge is 0.407 e. The average molecular weight is 373 g/mol. The Kier molecular flexibility index (Phi) is 7.21. The maximum atomic E-state index is 11.7. The first kappa shape index (κ1) is 20.7. The SMILES string of the molecule is CC(C)(C)OC(=O)NCC(O)C(O)c1cccc(OCc2ccccc2)c1. The van der Waals surface area contributed by atoms with E-state index < -0.39 is 23.9 Å². The standard InChI is InChI=1S/C21H27NO5/c1-21(2,3)27-20(25)22-13-18(23)19(24)16-10-7-11-17(12-16)26-14-15-8-5-4-6-9-15/h4-12,18-19,23-24H,13-14H2,1-3H3,(H,22,25). The Labute approximate surface area is 159 Å². The van der Waals surface area contributed by atoms with E-state index in [1.807, 2.05) is 30.3 Å². The summed E-state index contributed by atoms with van der Waals surface area (Å²) in [5, 5.41) is 23.0. The van der Waals surface area contributed by atoms with Gasteiger partial charge in [-0.15, -0.1) is 0 Å². The lowest BCUT2D eigenvalue weighted by Gasteiger charge is -2.22. The summed E-state index contributed by atoms with van der Waals surface area (Å²) in [5.41, 5.74) is 0.905. The Bertz CT molecular complexity index is 727. The molecule has 2 atom stereocenters. The molecule has 0 aliphatic rings. The predicted molar refractivity (Wildman–Crippen MR) is 102 cm³/mol. The van der Waals surface area contributed by atoms with Crippen molar-refractivity contribution in [1.29, 1.82) is 0 Å². The van der Waals surface area contributed by atoms with Crippen molar-refractivity contribution >= 4 is 6.09 Å². The van der Waals surface area contributed by atoms with Gasteiger partial charge in [-0.3, -0.25) is 0 Å². The molecule has 2 aromatic rings. The highest BCUT2D eigenvalue weighted by Crippen LogP contribution is 2.22. The average Bonchev–Trinajstić information content (AvgIpc) is 2.63. The first-order chi connectivity index (χ1) is 12.7. The molecule has 3 N–H and O–H groups in total. The fourth-order valence-electron chi connectivity index (χ4n) is 2.37. The number of ether oxygens (including phenoxy) is 2. The lowest BCUT2D eigenvalue weighted by molar-refractivity contribution is 0.0128. The van der Waals surface area contributed by atoms with E-state index in [1.54, 1.807) is 45.0 Å². The monoisotopic (exact) mass is 373 g/mol. The van der Waals surface area contributed by atoms with E-state index >= 15 is 0 Å². The third-order valence-electron chi connectivity index (χ3n) is 3.67. The Morgan fingerprint density at radius 1 is 1.07 bits per heavy atom. The van der Waals surface area contributed by atoms with Gasteiger partial charge in [0.25, 0.3) is 0 Å². The molecule has 6 heteroatoms. The van der Waals surface area contributed by atoms with Gasteiger partial charge in [0.15, 0.2) is 0 Å². The van der Waals surface area contributed by atoms with E-state index in [0.29, 0.717) is 17.9 Å². The third kappa shape index (κ3) is 7.29. The van der Waals surface area contributed by atoms with Gasteiger partial charge in [0.2, 0.25) is 0 Å². The van der Waals surface area contributed by atoms with Crippen LogP contribution in [0.1, 0.15) is 38.0 Å². The van der Waals surface area contributed by atoms with Gasteiger partial charge in [0.05, 0.1) is 0 Å². The Morgan fingerprint density at radius 2 is 1.78 bits per heavy atom. The summed E-state index contributed by atoms with van der Waals surface area (Å²) in [4.78, 5) is 11.7. The molecule has 0 aliphatic carbocycles. The van der Waals surface area contributed by atoms with E-state index in [9.17, 15) is 15.0 Å². The topological polar surface area (TPSA) is 88.0 Å². The number of aliphatic hydroxyl groups is 2. The van der Waals surface area contributed by atoms with Crippen LogP contribution >= 0.6 is 0 Å². The highest BCUT2D eigenvalue weighted by molar-refractivity contribution is 5.67. The summed E-state index contributed by atoms with van der Waals surface area (Å²) in [6.07, 6.45) is -2.99. The second-order valence-corrected chi connectivity index (χ2v) is 7.24. The van der Waals surface area contributed by atoms with Crippen molar-refractivity contribution in [3.8, 4) is 5.75 Å². The fraction of sp³-hybridized carbons (Fsp3) is 0.381. The fourth-order valence-corrected chi connectivity index (χ4v) is 2.37. The van der Waals surface area contributed by atoms with Crippen LogP contribution in [0.2, 0.25) is 0 Å². The van der Waals surface area contributed by atoms with Crippen LogP contribution in [0.3, 0.4) is 0 Å². The van der Waals surface area contributed by atoms with Gasteiger partial charge < -0.3 is 25.0 Å². The summed E-state index contributed by atoms with van der Waals surface area (Å²) < 4.78 is 10.8. The van der Waals surface area contributed by atoms with E-state index in [4.69, 9.17) is 9.47 Å². The minimum absolute atomic E-state index is 0.134. The summed E-state index contributed by atoms with van der Waals surface area (Å²) >= 11 is 0. The molecular weight excluding hydrogens is 346 g/mol. The number of benzene rings is 2. The zero-order valence-electron chi connectivity index (χ0n) is 15.9. The molecule has 6 nitrogen and oxygen atoms in total.